The molecule has 1 saturated heterocycles. The van der Waals surface area contributed by atoms with Crippen LogP contribution in [0.1, 0.15) is 44.7 Å². The molecule has 10 heteroatoms. The Morgan fingerprint density at radius 1 is 1.00 bits per heavy atom. The molecule has 1 saturated carbocycles. The van der Waals surface area contributed by atoms with Gasteiger partial charge in [0.2, 0.25) is 0 Å². The standard InChI is InChI=1S/C32H30N4O6/c33-14-20-3-7-23(8-4-20)32(39)36-16-28-29(17-36)42-25-9-5-21(6-10-25)15-34-30(37)19-41-27-12-24(31(38)35-28)11-26(13-27)40-18-22-1-2-22/h3-13,22,28-29H,1-2,15-19H2,(H,34,37)(H,35,38)/t28-,29-/m0/s1. The molecule has 0 unspecified atom stereocenters. The van der Waals surface area contributed by atoms with E-state index in [-0.39, 0.29) is 37.4 Å². The highest BCUT2D eigenvalue weighted by atomic mass is 16.5. The minimum absolute atomic E-state index is 0.217. The summed E-state index contributed by atoms with van der Waals surface area (Å²) in [7, 11) is 0. The number of carbonyl (C=O) groups excluding carboxylic acids is 3. The average Bonchev–Trinajstić information content (AvgIpc) is 3.77. The summed E-state index contributed by atoms with van der Waals surface area (Å²) in [6.07, 6.45) is 1.71. The van der Waals surface area contributed by atoms with Gasteiger partial charge in [0, 0.05) is 30.3 Å². The predicted molar refractivity (Wildman–Crippen MR) is 151 cm³/mol. The molecular weight excluding hydrogens is 536 g/mol. The highest BCUT2D eigenvalue weighted by Gasteiger charge is 2.38. The summed E-state index contributed by atoms with van der Waals surface area (Å²) in [6, 6.07) is 20.2. The van der Waals surface area contributed by atoms with Crippen molar-refractivity contribution in [1.29, 1.82) is 5.26 Å². The maximum absolute atomic E-state index is 13.6. The lowest BCUT2D eigenvalue weighted by atomic mass is 10.1. The van der Waals surface area contributed by atoms with Crippen molar-refractivity contribution in [2.24, 2.45) is 5.92 Å². The Morgan fingerprint density at radius 2 is 1.79 bits per heavy atom. The first-order valence-electron chi connectivity index (χ1n) is 14.0. The summed E-state index contributed by atoms with van der Waals surface area (Å²) < 4.78 is 18.0. The van der Waals surface area contributed by atoms with E-state index in [1.807, 2.05) is 12.1 Å². The summed E-state index contributed by atoms with van der Waals surface area (Å²) in [5.74, 6) is 1.02. The van der Waals surface area contributed by atoms with Crippen molar-refractivity contribution >= 4 is 17.7 Å². The minimum Gasteiger partial charge on any atom is -0.493 e. The van der Waals surface area contributed by atoms with Crippen LogP contribution in [-0.4, -0.2) is 61.1 Å². The number of hydrogen-bond acceptors (Lipinski definition) is 7. The van der Waals surface area contributed by atoms with E-state index in [1.165, 1.54) is 0 Å². The van der Waals surface area contributed by atoms with E-state index in [1.54, 1.807) is 59.5 Å². The second-order valence-corrected chi connectivity index (χ2v) is 10.8. The van der Waals surface area contributed by atoms with Gasteiger partial charge in [-0.1, -0.05) is 12.1 Å². The molecule has 3 aromatic rings. The number of carbonyl (C=O) groups is 3. The second kappa shape index (κ2) is 11.8. The number of rotatable bonds is 4. The summed E-state index contributed by atoms with van der Waals surface area (Å²) in [4.78, 5) is 41.0. The van der Waals surface area contributed by atoms with Gasteiger partial charge in [0.05, 0.1) is 30.8 Å². The Bertz CT molecular complexity index is 1530. The van der Waals surface area contributed by atoms with Crippen molar-refractivity contribution in [2.45, 2.75) is 31.5 Å². The topological polar surface area (TPSA) is 130 Å². The third-order valence-electron chi connectivity index (χ3n) is 7.53. The molecule has 3 amide bonds. The first-order chi connectivity index (χ1) is 20.4. The molecule has 0 spiro atoms. The average molecular weight is 567 g/mol. The lowest BCUT2D eigenvalue weighted by molar-refractivity contribution is -0.123. The number of amides is 3. The zero-order chi connectivity index (χ0) is 29.1. The maximum Gasteiger partial charge on any atom is 0.258 e. The van der Waals surface area contributed by atoms with E-state index in [4.69, 9.17) is 19.5 Å². The van der Waals surface area contributed by atoms with Gasteiger partial charge in [0.1, 0.15) is 23.4 Å². The third kappa shape index (κ3) is 6.47. The smallest absolute Gasteiger partial charge is 0.258 e. The zero-order valence-corrected chi connectivity index (χ0v) is 22.9. The van der Waals surface area contributed by atoms with Crippen molar-refractivity contribution in [3.63, 3.8) is 0 Å². The fraction of sp³-hybridized carbons (Fsp3) is 0.312. The monoisotopic (exact) mass is 566 g/mol. The van der Waals surface area contributed by atoms with Crippen molar-refractivity contribution in [3.8, 4) is 23.3 Å². The maximum atomic E-state index is 13.6. The summed E-state index contributed by atoms with van der Waals surface area (Å²) in [5, 5.41) is 15.0. The molecular formula is C32H30N4O6. The van der Waals surface area contributed by atoms with Gasteiger partial charge in [-0.05, 0) is 72.9 Å². The van der Waals surface area contributed by atoms with Crippen LogP contribution in [0.15, 0.2) is 66.7 Å². The van der Waals surface area contributed by atoms with Gasteiger partial charge in [-0.2, -0.15) is 5.26 Å². The predicted octanol–water partition coefficient (Wildman–Crippen LogP) is 3.06. The normalized spacial score (nSPS) is 20.2. The molecule has 4 aliphatic rings. The van der Waals surface area contributed by atoms with Crippen LogP contribution in [0.25, 0.3) is 0 Å². The van der Waals surface area contributed by atoms with E-state index >= 15 is 0 Å². The molecule has 3 aromatic carbocycles. The molecule has 2 fully saturated rings. The van der Waals surface area contributed by atoms with Gasteiger partial charge >= 0.3 is 0 Å². The van der Waals surface area contributed by atoms with Crippen LogP contribution in [-0.2, 0) is 11.3 Å². The Kier molecular flexibility index (Phi) is 7.64. The van der Waals surface area contributed by atoms with Gasteiger partial charge in [0.25, 0.3) is 17.7 Å². The molecule has 0 aromatic heterocycles. The fourth-order valence-electron chi connectivity index (χ4n) is 4.95. The van der Waals surface area contributed by atoms with Gasteiger partial charge < -0.3 is 29.7 Å². The van der Waals surface area contributed by atoms with Crippen LogP contribution in [0.2, 0.25) is 0 Å². The molecule has 1 aliphatic carbocycles. The first-order valence-corrected chi connectivity index (χ1v) is 14.0. The SMILES string of the molecule is N#Cc1ccc(C(=O)N2C[C@@H]3NC(=O)c4cc(cc(OCC5CC5)c4)OCC(=O)NCc4ccc(cc4)O[C@H]3C2)cc1. The Morgan fingerprint density at radius 3 is 2.52 bits per heavy atom. The first kappa shape index (κ1) is 27.1. The number of nitrogens with one attached hydrogen (secondary N) is 2. The van der Waals surface area contributed by atoms with E-state index in [0.717, 1.165) is 18.4 Å². The number of hydrogen-bond donors (Lipinski definition) is 2. The van der Waals surface area contributed by atoms with Crippen LogP contribution >= 0.6 is 0 Å². The molecule has 10 nitrogen and oxygen atoms in total. The number of ether oxygens (including phenoxy) is 3. The second-order valence-electron chi connectivity index (χ2n) is 10.8. The van der Waals surface area contributed by atoms with Gasteiger partial charge in [-0.25, -0.2) is 0 Å². The molecule has 3 aliphatic heterocycles. The van der Waals surface area contributed by atoms with Crippen LogP contribution in [0.4, 0.5) is 0 Å². The van der Waals surface area contributed by atoms with Crippen molar-refractivity contribution in [2.75, 3.05) is 26.3 Å². The number of benzene rings is 3. The van der Waals surface area contributed by atoms with Crippen molar-refractivity contribution in [3.05, 3.63) is 89.0 Å². The fourth-order valence-corrected chi connectivity index (χ4v) is 4.95. The molecule has 4 bridgehead atoms. The summed E-state index contributed by atoms with van der Waals surface area (Å²) in [6.45, 7) is 1.13. The zero-order valence-electron chi connectivity index (χ0n) is 22.9. The quantitative estimate of drug-likeness (QED) is 0.497. The Hall–Kier alpha value is -5.04. The highest BCUT2D eigenvalue weighted by molar-refractivity contribution is 5.96. The molecule has 7 rings (SSSR count). The van der Waals surface area contributed by atoms with Crippen LogP contribution in [0.5, 0.6) is 17.2 Å². The summed E-state index contributed by atoms with van der Waals surface area (Å²) in [5.41, 5.74) is 2.10. The number of likely N-dealkylation sites (tertiary alicyclic amines) is 1. The number of fused-ring (bicyclic) bond motifs is 7. The summed E-state index contributed by atoms with van der Waals surface area (Å²) >= 11 is 0. The molecule has 0 radical (unpaired) electrons. The molecule has 3 heterocycles. The van der Waals surface area contributed by atoms with E-state index in [0.29, 0.717) is 53.0 Å². The van der Waals surface area contributed by atoms with Crippen LogP contribution < -0.4 is 24.8 Å². The molecule has 214 valence electrons. The van der Waals surface area contributed by atoms with Crippen molar-refractivity contribution in [1.82, 2.24) is 15.5 Å². The highest BCUT2D eigenvalue weighted by Crippen LogP contribution is 2.31. The van der Waals surface area contributed by atoms with Crippen molar-refractivity contribution < 1.29 is 28.6 Å². The van der Waals surface area contributed by atoms with Crippen LogP contribution in [0.3, 0.4) is 0 Å². The van der Waals surface area contributed by atoms with E-state index in [2.05, 4.69) is 16.7 Å². The molecule has 42 heavy (non-hydrogen) atoms. The molecule has 2 atom stereocenters. The van der Waals surface area contributed by atoms with Gasteiger partial charge in [-0.3, -0.25) is 14.4 Å². The number of nitriles is 1. The van der Waals surface area contributed by atoms with E-state index in [9.17, 15) is 14.4 Å². The third-order valence-corrected chi connectivity index (χ3v) is 7.53. The Balaban J connectivity index is 1.28. The lowest BCUT2D eigenvalue weighted by Crippen LogP contribution is -2.45. The lowest BCUT2D eigenvalue weighted by Gasteiger charge is -2.21. The van der Waals surface area contributed by atoms with Crippen LogP contribution in [0, 0.1) is 17.2 Å². The largest absolute Gasteiger partial charge is 0.493 e. The molecule has 2 N–H and O–H groups in total. The van der Waals surface area contributed by atoms with Gasteiger partial charge in [-0.15, -0.1) is 0 Å². The Labute approximate surface area is 243 Å². The minimum atomic E-state index is -0.525. The van der Waals surface area contributed by atoms with E-state index < -0.39 is 12.1 Å². The van der Waals surface area contributed by atoms with Gasteiger partial charge in [0.15, 0.2) is 6.61 Å². The number of nitrogens with zero attached hydrogens (tertiary/aromatic N) is 2.